The van der Waals surface area contributed by atoms with Crippen molar-refractivity contribution in [2.75, 3.05) is 88.5 Å². The summed E-state index contributed by atoms with van der Waals surface area (Å²) >= 11 is 0. The topological polar surface area (TPSA) is 79.2 Å². The predicted molar refractivity (Wildman–Crippen MR) is 111 cm³/mol. The van der Waals surface area contributed by atoms with Crippen molar-refractivity contribution >= 4 is 22.7 Å². The molecule has 4 rings (SSSR count). The van der Waals surface area contributed by atoms with Crippen LogP contribution in [0.25, 0.3) is 10.9 Å². The smallest absolute Gasteiger partial charge is 0.227 e. The summed E-state index contributed by atoms with van der Waals surface area (Å²) in [6, 6.07) is 8.24. The highest BCUT2D eigenvalue weighted by molar-refractivity contribution is 5.90. The number of piperazine rings is 2. The largest absolute Gasteiger partial charge is 0.395 e. The Kier molecular flexibility index (Phi) is 6.21. The summed E-state index contributed by atoms with van der Waals surface area (Å²) < 4.78 is 0. The van der Waals surface area contributed by atoms with Crippen LogP contribution in [0.2, 0.25) is 0 Å². The summed E-state index contributed by atoms with van der Waals surface area (Å²) in [5, 5.41) is 19.4. The third kappa shape index (κ3) is 4.20. The third-order valence-corrected chi connectivity index (χ3v) is 5.73. The Labute approximate surface area is 166 Å². The number of aliphatic hydroxyl groups excluding tert-OH is 2. The van der Waals surface area contributed by atoms with Crippen molar-refractivity contribution in [2.45, 2.75) is 0 Å². The number of nitrogens with zero attached hydrogens (tertiary/aromatic N) is 6. The number of anilines is 2. The number of hydrogen-bond acceptors (Lipinski definition) is 8. The van der Waals surface area contributed by atoms with E-state index in [2.05, 4.69) is 31.7 Å². The van der Waals surface area contributed by atoms with Crippen LogP contribution in [0.1, 0.15) is 0 Å². The lowest BCUT2D eigenvalue weighted by atomic mass is 10.2. The molecular formula is C20H30N6O2. The van der Waals surface area contributed by atoms with Gasteiger partial charge in [0.15, 0.2) is 0 Å². The van der Waals surface area contributed by atoms with Crippen molar-refractivity contribution in [1.82, 2.24) is 19.8 Å². The zero-order chi connectivity index (χ0) is 19.3. The van der Waals surface area contributed by atoms with Crippen molar-refractivity contribution in [2.24, 2.45) is 0 Å². The summed E-state index contributed by atoms with van der Waals surface area (Å²) in [6.45, 7) is 9.18. The van der Waals surface area contributed by atoms with Crippen molar-refractivity contribution in [1.29, 1.82) is 0 Å². The first-order valence-corrected chi connectivity index (χ1v) is 10.2. The number of aromatic nitrogens is 2. The van der Waals surface area contributed by atoms with E-state index in [0.29, 0.717) is 0 Å². The fourth-order valence-corrected chi connectivity index (χ4v) is 4.07. The lowest BCUT2D eigenvalue weighted by Crippen LogP contribution is -2.48. The van der Waals surface area contributed by atoms with Crippen LogP contribution in [-0.4, -0.2) is 109 Å². The molecular weight excluding hydrogens is 356 g/mol. The van der Waals surface area contributed by atoms with E-state index in [-0.39, 0.29) is 13.2 Å². The van der Waals surface area contributed by atoms with Gasteiger partial charge in [0.05, 0.1) is 18.7 Å². The minimum absolute atomic E-state index is 0.207. The molecule has 2 aliphatic rings. The first kappa shape index (κ1) is 19.3. The number of para-hydroxylation sites is 1. The summed E-state index contributed by atoms with van der Waals surface area (Å²) in [6.07, 6.45) is 0. The van der Waals surface area contributed by atoms with Gasteiger partial charge in [-0.1, -0.05) is 12.1 Å². The van der Waals surface area contributed by atoms with E-state index in [1.165, 1.54) is 0 Å². The average molecular weight is 387 g/mol. The van der Waals surface area contributed by atoms with Gasteiger partial charge in [-0.05, 0) is 12.1 Å². The molecule has 0 saturated carbocycles. The predicted octanol–water partition coefficient (Wildman–Crippen LogP) is -0.142. The first-order chi connectivity index (χ1) is 13.8. The van der Waals surface area contributed by atoms with Gasteiger partial charge < -0.3 is 20.0 Å². The minimum Gasteiger partial charge on any atom is -0.395 e. The van der Waals surface area contributed by atoms with Crippen LogP contribution in [0.4, 0.5) is 11.8 Å². The van der Waals surface area contributed by atoms with Crippen LogP contribution in [0.15, 0.2) is 24.3 Å². The number of benzene rings is 1. The molecule has 2 aromatic rings. The molecule has 3 heterocycles. The second-order valence-electron chi connectivity index (χ2n) is 7.47. The number of β-amino-alcohol motifs (C(OH)–C–C–N with tert-alkyl or cyclic N) is 2. The minimum atomic E-state index is 0.207. The highest BCUT2D eigenvalue weighted by Crippen LogP contribution is 2.27. The van der Waals surface area contributed by atoms with Gasteiger partial charge >= 0.3 is 0 Å². The molecule has 2 N–H and O–H groups in total. The SMILES string of the molecule is OCCN1CCN(c2nc(N3CCN(CCO)CC3)c3ccccc3n2)CC1. The zero-order valence-corrected chi connectivity index (χ0v) is 16.4. The van der Waals surface area contributed by atoms with Crippen molar-refractivity contribution in [3.05, 3.63) is 24.3 Å². The van der Waals surface area contributed by atoms with Gasteiger partial charge in [0.1, 0.15) is 5.82 Å². The Hall–Kier alpha value is -2.00. The molecule has 2 saturated heterocycles. The van der Waals surface area contributed by atoms with Crippen LogP contribution in [0.3, 0.4) is 0 Å². The molecule has 0 spiro atoms. The molecule has 8 heteroatoms. The second-order valence-corrected chi connectivity index (χ2v) is 7.47. The quantitative estimate of drug-likeness (QED) is 0.710. The second kappa shape index (κ2) is 9.00. The molecule has 28 heavy (non-hydrogen) atoms. The molecule has 0 bridgehead atoms. The molecule has 0 aliphatic carbocycles. The van der Waals surface area contributed by atoms with E-state index < -0.39 is 0 Å². The van der Waals surface area contributed by atoms with Crippen molar-refractivity contribution in [3.8, 4) is 0 Å². The van der Waals surface area contributed by atoms with Gasteiger partial charge in [0.2, 0.25) is 5.95 Å². The molecule has 1 aromatic carbocycles. The third-order valence-electron chi connectivity index (χ3n) is 5.73. The van der Waals surface area contributed by atoms with Gasteiger partial charge in [-0.25, -0.2) is 4.98 Å². The van der Waals surface area contributed by atoms with Crippen LogP contribution in [0, 0.1) is 0 Å². The molecule has 152 valence electrons. The zero-order valence-electron chi connectivity index (χ0n) is 16.4. The number of aliphatic hydroxyl groups is 2. The molecule has 0 unspecified atom stereocenters. The maximum absolute atomic E-state index is 9.18. The molecule has 2 aliphatic heterocycles. The van der Waals surface area contributed by atoms with Gasteiger partial charge in [-0.15, -0.1) is 0 Å². The summed E-state index contributed by atoms with van der Waals surface area (Å²) in [5.74, 6) is 1.82. The Morgan fingerprint density at radius 3 is 1.89 bits per heavy atom. The Morgan fingerprint density at radius 2 is 1.29 bits per heavy atom. The molecule has 0 atom stereocenters. The lowest BCUT2D eigenvalue weighted by Gasteiger charge is -2.37. The summed E-state index contributed by atoms with van der Waals surface area (Å²) in [4.78, 5) is 19.0. The van der Waals surface area contributed by atoms with E-state index >= 15 is 0 Å². The van der Waals surface area contributed by atoms with E-state index in [9.17, 15) is 5.11 Å². The molecule has 1 aromatic heterocycles. The van der Waals surface area contributed by atoms with Gasteiger partial charge in [0.25, 0.3) is 0 Å². The van der Waals surface area contributed by atoms with Gasteiger partial charge in [0, 0.05) is 70.8 Å². The number of fused-ring (bicyclic) bond motifs is 1. The van der Waals surface area contributed by atoms with Crippen molar-refractivity contribution < 1.29 is 10.2 Å². The molecule has 0 amide bonds. The number of rotatable bonds is 6. The summed E-state index contributed by atoms with van der Waals surface area (Å²) in [5.41, 5.74) is 0.984. The maximum Gasteiger partial charge on any atom is 0.227 e. The standard InChI is InChI=1S/C20H30N6O2/c27-15-13-23-5-9-25(10-6-23)19-17-3-1-2-4-18(17)21-20(22-19)26-11-7-24(8-12-26)14-16-28/h1-4,27-28H,5-16H2. The lowest BCUT2D eigenvalue weighted by molar-refractivity contribution is 0.188. The van der Waals surface area contributed by atoms with Crippen LogP contribution < -0.4 is 9.80 Å². The Balaban J connectivity index is 1.56. The van der Waals surface area contributed by atoms with Crippen molar-refractivity contribution in [3.63, 3.8) is 0 Å². The fourth-order valence-electron chi connectivity index (χ4n) is 4.07. The first-order valence-electron chi connectivity index (χ1n) is 10.2. The monoisotopic (exact) mass is 386 g/mol. The highest BCUT2D eigenvalue weighted by atomic mass is 16.3. The van der Waals surface area contributed by atoms with E-state index in [1.807, 2.05) is 12.1 Å². The van der Waals surface area contributed by atoms with Gasteiger partial charge in [-0.2, -0.15) is 4.98 Å². The van der Waals surface area contributed by atoms with E-state index in [4.69, 9.17) is 15.1 Å². The fraction of sp³-hybridized carbons (Fsp3) is 0.600. The number of hydrogen-bond donors (Lipinski definition) is 2. The summed E-state index contributed by atoms with van der Waals surface area (Å²) in [7, 11) is 0. The average Bonchev–Trinajstić information content (AvgIpc) is 2.75. The highest BCUT2D eigenvalue weighted by Gasteiger charge is 2.23. The van der Waals surface area contributed by atoms with E-state index in [0.717, 1.165) is 88.1 Å². The van der Waals surface area contributed by atoms with Gasteiger partial charge in [-0.3, -0.25) is 9.80 Å². The Bertz CT molecular complexity index is 772. The van der Waals surface area contributed by atoms with Crippen LogP contribution in [0.5, 0.6) is 0 Å². The molecule has 2 fully saturated rings. The Morgan fingerprint density at radius 1 is 0.714 bits per heavy atom. The van der Waals surface area contributed by atoms with Crippen LogP contribution >= 0.6 is 0 Å². The van der Waals surface area contributed by atoms with E-state index in [1.54, 1.807) is 0 Å². The van der Waals surface area contributed by atoms with Crippen LogP contribution in [-0.2, 0) is 0 Å². The normalized spacial score (nSPS) is 19.5. The molecule has 0 radical (unpaired) electrons. The maximum atomic E-state index is 9.18. The molecule has 8 nitrogen and oxygen atoms in total.